The number of anilines is 2. The fourth-order valence-corrected chi connectivity index (χ4v) is 4.84. The van der Waals surface area contributed by atoms with Crippen molar-refractivity contribution in [3.8, 4) is 5.75 Å². The minimum atomic E-state index is -4.49. The molecule has 0 aliphatic carbocycles. The van der Waals surface area contributed by atoms with Crippen LogP contribution in [0, 0.1) is 0 Å². The van der Waals surface area contributed by atoms with Crippen molar-refractivity contribution in [1.29, 1.82) is 0 Å². The maximum Gasteiger partial charge on any atom is 0.416 e. The highest BCUT2D eigenvalue weighted by molar-refractivity contribution is 6.56. The first-order valence-electron chi connectivity index (χ1n) is 13.1. The first kappa shape index (κ1) is 26.9. The molecule has 3 aromatic rings. The molecule has 6 nitrogen and oxygen atoms in total. The van der Waals surface area contributed by atoms with Gasteiger partial charge in [0.1, 0.15) is 11.5 Å². The van der Waals surface area contributed by atoms with Gasteiger partial charge in [-0.25, -0.2) is 4.99 Å². The van der Waals surface area contributed by atoms with Crippen molar-refractivity contribution in [2.75, 3.05) is 51.3 Å². The second-order valence-electron chi connectivity index (χ2n) is 9.86. The van der Waals surface area contributed by atoms with Crippen molar-refractivity contribution in [3.63, 3.8) is 0 Å². The molecule has 0 saturated carbocycles. The number of hydrogen-bond acceptors (Lipinski definition) is 5. The summed E-state index contributed by atoms with van der Waals surface area (Å²) in [5.74, 6) is 0.322. The minimum absolute atomic E-state index is 0.0706. The van der Waals surface area contributed by atoms with Gasteiger partial charge in [0.25, 0.3) is 5.91 Å². The van der Waals surface area contributed by atoms with E-state index in [-0.39, 0.29) is 11.4 Å². The van der Waals surface area contributed by atoms with Gasteiger partial charge in [-0.05, 0) is 75.0 Å². The van der Waals surface area contributed by atoms with Crippen molar-refractivity contribution in [2.24, 2.45) is 4.99 Å². The van der Waals surface area contributed by atoms with Gasteiger partial charge in [0, 0.05) is 37.4 Å². The average Bonchev–Trinajstić information content (AvgIpc) is 3.20. The van der Waals surface area contributed by atoms with E-state index in [4.69, 9.17) is 4.74 Å². The summed E-state index contributed by atoms with van der Waals surface area (Å²) in [7, 11) is 2.15. The first-order chi connectivity index (χ1) is 18.8. The zero-order chi connectivity index (χ0) is 27.4. The molecule has 2 heterocycles. The molecule has 2 aliphatic rings. The van der Waals surface area contributed by atoms with Crippen LogP contribution in [0.3, 0.4) is 0 Å². The number of piperazine rings is 1. The topological polar surface area (TPSA) is 48.4 Å². The largest absolute Gasteiger partial charge is 0.494 e. The van der Waals surface area contributed by atoms with Crippen LogP contribution < -0.4 is 9.64 Å². The van der Waals surface area contributed by atoms with Gasteiger partial charge in [-0.3, -0.25) is 9.69 Å². The van der Waals surface area contributed by atoms with Gasteiger partial charge in [-0.15, -0.1) is 0 Å². The van der Waals surface area contributed by atoms with Gasteiger partial charge in [-0.1, -0.05) is 24.3 Å². The number of carbonyl (C=O) groups excluding carboxylic acids is 1. The zero-order valence-electron chi connectivity index (χ0n) is 21.8. The van der Waals surface area contributed by atoms with Gasteiger partial charge in [0.05, 0.1) is 23.5 Å². The number of amides is 1. The Morgan fingerprint density at radius 2 is 1.64 bits per heavy atom. The van der Waals surface area contributed by atoms with E-state index >= 15 is 0 Å². The van der Waals surface area contributed by atoms with E-state index in [0.717, 1.165) is 63.4 Å². The van der Waals surface area contributed by atoms with Crippen LogP contribution in [-0.2, 0) is 11.0 Å². The summed E-state index contributed by atoms with van der Waals surface area (Å²) in [6, 6.07) is 19.1. The number of para-hydroxylation sites is 1. The lowest BCUT2D eigenvalue weighted by atomic mass is 10.1. The Bertz CT molecular complexity index is 1330. The highest BCUT2D eigenvalue weighted by Gasteiger charge is 2.35. The van der Waals surface area contributed by atoms with Gasteiger partial charge in [0.15, 0.2) is 0 Å². The molecule has 5 rings (SSSR count). The molecule has 0 radical (unpaired) electrons. The number of ether oxygens (including phenoxy) is 1. The third-order valence-electron chi connectivity index (χ3n) is 7.05. The van der Waals surface area contributed by atoms with E-state index in [9.17, 15) is 18.0 Å². The van der Waals surface area contributed by atoms with E-state index < -0.39 is 17.6 Å². The molecule has 39 heavy (non-hydrogen) atoms. The molecule has 204 valence electrons. The lowest BCUT2D eigenvalue weighted by Crippen LogP contribution is -2.44. The molecule has 1 saturated heterocycles. The quantitative estimate of drug-likeness (QED) is 0.336. The Balaban J connectivity index is 1.24. The number of nitrogens with zero attached hydrogens (tertiary/aromatic N) is 4. The normalized spacial score (nSPS) is 17.6. The number of fused-ring (bicyclic) bond motifs is 1. The van der Waals surface area contributed by atoms with Gasteiger partial charge in [0.2, 0.25) is 0 Å². The van der Waals surface area contributed by atoms with E-state index in [1.807, 2.05) is 30.3 Å². The highest BCUT2D eigenvalue weighted by atomic mass is 19.4. The van der Waals surface area contributed by atoms with E-state index in [1.54, 1.807) is 18.2 Å². The van der Waals surface area contributed by atoms with Crippen LogP contribution in [0.15, 0.2) is 77.8 Å². The molecule has 0 spiro atoms. The molecule has 0 aromatic heterocycles. The third-order valence-corrected chi connectivity index (χ3v) is 7.05. The molecule has 3 aromatic carbocycles. The molecular weight excluding hydrogens is 505 g/mol. The molecule has 0 N–H and O–H groups in total. The molecule has 1 fully saturated rings. The van der Waals surface area contributed by atoms with Gasteiger partial charge in [-0.2, -0.15) is 13.2 Å². The third kappa shape index (κ3) is 6.32. The SMILES string of the molecule is CN1CCN(CCCCOc2ccc(N3C(=O)C(=Nc4cccc(C(F)(F)F)c4)c4ccccc43)cc2)CC1. The monoisotopic (exact) mass is 536 g/mol. The smallest absolute Gasteiger partial charge is 0.416 e. The van der Waals surface area contributed by atoms with Crippen LogP contribution in [-0.4, -0.2) is 67.8 Å². The standard InChI is InChI=1S/C30H31F3N4O2/c1-35-16-18-36(19-17-35)15-4-5-20-39-25-13-11-24(12-14-25)37-27-10-3-2-9-26(27)28(29(37)38)34-23-8-6-7-22(21-23)30(31,32)33/h2-3,6-14,21H,4-5,15-20H2,1H3. The Morgan fingerprint density at radius 1 is 0.897 bits per heavy atom. The van der Waals surface area contributed by atoms with Crippen LogP contribution >= 0.6 is 0 Å². The van der Waals surface area contributed by atoms with E-state index in [1.165, 1.54) is 17.0 Å². The summed E-state index contributed by atoms with van der Waals surface area (Å²) in [4.78, 5) is 24.2. The number of benzene rings is 3. The molecular formula is C30H31F3N4O2. The fraction of sp³-hybridized carbons (Fsp3) is 0.333. The molecule has 0 unspecified atom stereocenters. The summed E-state index contributed by atoms with van der Waals surface area (Å²) in [5, 5.41) is 0. The molecule has 0 atom stereocenters. The van der Waals surface area contributed by atoms with Crippen molar-refractivity contribution in [2.45, 2.75) is 19.0 Å². The predicted octanol–water partition coefficient (Wildman–Crippen LogP) is 5.91. The Morgan fingerprint density at radius 3 is 2.38 bits per heavy atom. The van der Waals surface area contributed by atoms with Gasteiger partial charge < -0.3 is 14.5 Å². The van der Waals surface area contributed by atoms with Crippen molar-refractivity contribution >= 4 is 28.7 Å². The van der Waals surface area contributed by atoms with Crippen molar-refractivity contribution in [1.82, 2.24) is 9.80 Å². The maximum atomic E-state index is 13.5. The second kappa shape index (κ2) is 11.6. The highest BCUT2D eigenvalue weighted by Crippen LogP contribution is 2.38. The minimum Gasteiger partial charge on any atom is -0.494 e. The Kier molecular flexibility index (Phi) is 7.99. The van der Waals surface area contributed by atoms with Crippen molar-refractivity contribution in [3.05, 3.63) is 83.9 Å². The first-order valence-corrected chi connectivity index (χ1v) is 13.1. The Labute approximate surface area is 226 Å². The van der Waals surface area contributed by atoms with Gasteiger partial charge >= 0.3 is 6.18 Å². The number of halogens is 3. The number of carbonyl (C=O) groups is 1. The van der Waals surface area contributed by atoms with Crippen LogP contribution in [0.4, 0.5) is 30.2 Å². The number of aliphatic imine (C=N–C) groups is 1. The lowest BCUT2D eigenvalue weighted by Gasteiger charge is -2.32. The van der Waals surface area contributed by atoms with Crippen LogP contribution in [0.25, 0.3) is 0 Å². The number of unbranched alkanes of at least 4 members (excludes halogenated alkanes) is 1. The molecule has 2 aliphatic heterocycles. The van der Waals surface area contributed by atoms with Crippen LogP contribution in [0.1, 0.15) is 24.0 Å². The predicted molar refractivity (Wildman–Crippen MR) is 146 cm³/mol. The molecule has 9 heteroatoms. The molecule has 1 amide bonds. The average molecular weight is 537 g/mol. The summed E-state index contributed by atoms with van der Waals surface area (Å²) in [6.07, 6.45) is -2.45. The summed E-state index contributed by atoms with van der Waals surface area (Å²) >= 11 is 0. The maximum absolute atomic E-state index is 13.5. The van der Waals surface area contributed by atoms with Crippen molar-refractivity contribution < 1.29 is 22.7 Å². The van der Waals surface area contributed by atoms with Crippen LogP contribution in [0.5, 0.6) is 5.75 Å². The summed E-state index contributed by atoms with van der Waals surface area (Å²) in [5.41, 5.74) is 1.19. The fourth-order valence-electron chi connectivity index (χ4n) is 4.84. The number of hydrogen-bond donors (Lipinski definition) is 0. The second-order valence-corrected chi connectivity index (χ2v) is 9.86. The number of likely N-dealkylation sites (N-methyl/N-ethyl adjacent to an activating group) is 1. The number of rotatable bonds is 8. The molecule has 0 bridgehead atoms. The summed E-state index contributed by atoms with van der Waals surface area (Å²) < 4.78 is 45.5. The summed E-state index contributed by atoms with van der Waals surface area (Å²) in [6.45, 7) is 6.16. The number of alkyl halides is 3. The van der Waals surface area contributed by atoms with E-state index in [0.29, 0.717) is 23.5 Å². The Hall–Kier alpha value is -3.69. The lowest BCUT2D eigenvalue weighted by molar-refractivity contribution is -0.137. The van der Waals surface area contributed by atoms with Crippen LogP contribution in [0.2, 0.25) is 0 Å². The zero-order valence-corrected chi connectivity index (χ0v) is 21.8. The van der Waals surface area contributed by atoms with E-state index in [2.05, 4.69) is 21.8 Å².